The Balaban J connectivity index is 1.46. The van der Waals surface area contributed by atoms with Gasteiger partial charge in [0.15, 0.2) is 0 Å². The van der Waals surface area contributed by atoms with Crippen LogP contribution in [0.25, 0.3) is 0 Å². The van der Waals surface area contributed by atoms with Crippen LogP contribution in [0.4, 0.5) is 9.18 Å². The van der Waals surface area contributed by atoms with Gasteiger partial charge in [-0.2, -0.15) is 10.1 Å². The summed E-state index contributed by atoms with van der Waals surface area (Å²) in [6.45, 7) is 3.35. The molecule has 3 aliphatic rings. The number of allylic oxidation sites excluding steroid dienone is 3. The maximum absolute atomic E-state index is 13.5. The highest BCUT2D eigenvalue weighted by molar-refractivity contribution is 6.21. The number of carbonyl (C=O) groups excluding carboxylic acids is 3. The molecule has 0 N–H and O–H groups in total. The van der Waals surface area contributed by atoms with E-state index in [9.17, 15) is 18.8 Å². The Bertz CT molecular complexity index is 924. The second kappa shape index (κ2) is 7.14. The topological polar surface area (TPSA) is 87.9 Å². The molecule has 1 fully saturated rings. The summed E-state index contributed by atoms with van der Waals surface area (Å²) in [6, 6.07) is 0.710. The number of likely N-dealkylation sites (tertiary alicyclic amines) is 1. The van der Waals surface area contributed by atoms with E-state index in [2.05, 4.69) is 10.1 Å². The normalized spacial score (nSPS) is 22.9. The van der Waals surface area contributed by atoms with E-state index in [0.717, 1.165) is 4.90 Å². The molecule has 28 heavy (non-hydrogen) atoms. The van der Waals surface area contributed by atoms with Gasteiger partial charge in [-0.3, -0.25) is 19.2 Å². The van der Waals surface area contributed by atoms with Crippen LogP contribution >= 0.6 is 0 Å². The molecule has 1 aromatic rings. The van der Waals surface area contributed by atoms with Crippen molar-refractivity contribution in [3.05, 3.63) is 42.0 Å². The predicted molar refractivity (Wildman–Crippen MR) is 98.3 cm³/mol. The van der Waals surface area contributed by atoms with Crippen LogP contribution in [0.2, 0.25) is 0 Å². The quantitative estimate of drug-likeness (QED) is 0.796. The van der Waals surface area contributed by atoms with E-state index >= 15 is 0 Å². The van der Waals surface area contributed by atoms with E-state index in [-0.39, 0.29) is 17.7 Å². The molecule has 0 radical (unpaired) electrons. The maximum Gasteiger partial charge on any atom is 0.350 e. The second-order valence-corrected chi connectivity index (χ2v) is 6.95. The first kappa shape index (κ1) is 18.3. The molecule has 1 saturated heterocycles. The van der Waals surface area contributed by atoms with Crippen molar-refractivity contribution in [1.82, 2.24) is 19.6 Å². The van der Waals surface area contributed by atoms with E-state index < -0.39 is 23.7 Å². The Morgan fingerprint density at radius 1 is 1.25 bits per heavy atom. The summed E-state index contributed by atoms with van der Waals surface area (Å²) in [5.41, 5.74) is 0.794. The molecule has 8 nitrogen and oxygen atoms in total. The van der Waals surface area contributed by atoms with Gasteiger partial charge in [-0.25, -0.2) is 9.18 Å². The number of aromatic nitrogens is 2. The minimum absolute atomic E-state index is 0.114. The minimum Gasteiger partial charge on any atom is -0.337 e. The van der Waals surface area contributed by atoms with Crippen LogP contribution < -0.4 is 0 Å². The average molecular weight is 385 g/mol. The third-order valence-corrected chi connectivity index (χ3v) is 5.34. The molecule has 1 aromatic heterocycles. The molecular formula is C19H20FN5O3. The minimum atomic E-state index is -0.860. The van der Waals surface area contributed by atoms with Gasteiger partial charge in [-0.1, -0.05) is 0 Å². The monoisotopic (exact) mass is 385 g/mol. The van der Waals surface area contributed by atoms with E-state index in [0.29, 0.717) is 38.2 Å². The summed E-state index contributed by atoms with van der Waals surface area (Å²) in [4.78, 5) is 44.7. The number of imide groups is 1. The fourth-order valence-corrected chi connectivity index (χ4v) is 3.87. The zero-order chi connectivity index (χ0) is 19.8. The highest BCUT2D eigenvalue weighted by atomic mass is 19.1. The van der Waals surface area contributed by atoms with E-state index in [4.69, 9.17) is 0 Å². The number of halogens is 1. The predicted octanol–water partition coefficient (Wildman–Crippen LogP) is 1.95. The van der Waals surface area contributed by atoms with Gasteiger partial charge < -0.3 is 4.90 Å². The molecule has 1 unspecified atom stereocenters. The maximum atomic E-state index is 13.5. The molecule has 0 spiro atoms. The SMILES string of the molecule is CCn1nccc1C(=O)N1CCC(N2C(=O)N=C3C=CC(F)=CC3C2=O)CC1. The average Bonchev–Trinajstić information content (AvgIpc) is 3.17. The largest absolute Gasteiger partial charge is 0.350 e. The number of carbonyl (C=O) groups is 3. The first-order valence-corrected chi connectivity index (χ1v) is 9.31. The molecule has 146 valence electrons. The highest BCUT2D eigenvalue weighted by Crippen LogP contribution is 2.28. The van der Waals surface area contributed by atoms with Crippen molar-refractivity contribution in [2.75, 3.05) is 13.1 Å². The lowest BCUT2D eigenvalue weighted by atomic mass is 9.92. The zero-order valence-electron chi connectivity index (χ0n) is 15.4. The molecular weight excluding hydrogens is 365 g/mol. The van der Waals surface area contributed by atoms with E-state index in [1.807, 2.05) is 6.92 Å². The first-order valence-electron chi connectivity index (χ1n) is 9.31. The Kier molecular flexibility index (Phi) is 4.66. The van der Waals surface area contributed by atoms with Crippen LogP contribution in [0.15, 0.2) is 41.3 Å². The van der Waals surface area contributed by atoms with Gasteiger partial charge in [0, 0.05) is 31.9 Å². The van der Waals surface area contributed by atoms with E-state index in [1.165, 1.54) is 18.2 Å². The Morgan fingerprint density at radius 2 is 2.00 bits per heavy atom. The number of fused-ring (bicyclic) bond motifs is 1. The van der Waals surface area contributed by atoms with Crippen LogP contribution in [-0.2, 0) is 11.3 Å². The van der Waals surface area contributed by atoms with Crippen molar-refractivity contribution in [1.29, 1.82) is 0 Å². The van der Waals surface area contributed by atoms with E-state index in [1.54, 1.807) is 21.8 Å². The molecule has 1 aliphatic carbocycles. The first-order chi connectivity index (χ1) is 13.5. The van der Waals surface area contributed by atoms with Gasteiger partial charge >= 0.3 is 6.03 Å². The summed E-state index contributed by atoms with van der Waals surface area (Å²) in [5.74, 6) is -1.94. The molecule has 3 heterocycles. The third kappa shape index (κ3) is 3.06. The van der Waals surface area contributed by atoms with Crippen LogP contribution in [0.1, 0.15) is 30.3 Å². The molecule has 2 aliphatic heterocycles. The Hall–Kier alpha value is -3.10. The molecule has 9 heteroatoms. The summed E-state index contributed by atoms with van der Waals surface area (Å²) in [5, 5.41) is 4.12. The molecule has 1 atom stereocenters. The Morgan fingerprint density at radius 3 is 2.71 bits per heavy atom. The summed E-state index contributed by atoms with van der Waals surface area (Å²) < 4.78 is 15.2. The van der Waals surface area contributed by atoms with Crippen LogP contribution in [-0.4, -0.2) is 62.3 Å². The zero-order valence-corrected chi connectivity index (χ0v) is 15.4. The van der Waals surface area contributed by atoms with Gasteiger partial charge in [0.1, 0.15) is 17.4 Å². The summed E-state index contributed by atoms with van der Waals surface area (Å²) >= 11 is 0. The fourth-order valence-electron chi connectivity index (χ4n) is 3.87. The van der Waals surface area contributed by atoms with Crippen molar-refractivity contribution in [2.45, 2.75) is 32.4 Å². The highest BCUT2D eigenvalue weighted by Gasteiger charge is 2.41. The number of piperidine rings is 1. The van der Waals surface area contributed by atoms with Crippen molar-refractivity contribution < 1.29 is 18.8 Å². The van der Waals surface area contributed by atoms with Gasteiger partial charge in [0.05, 0.1) is 5.71 Å². The molecule has 4 amide bonds. The number of aliphatic imine (C=N–C) groups is 1. The molecule has 0 aromatic carbocycles. The standard InChI is InChI=1S/C19H20FN5O3/c1-2-24-16(5-8-21-24)18(27)23-9-6-13(7-10-23)25-17(26)14-11-12(20)3-4-15(14)22-19(25)28/h3-5,8,11,13-14H,2,6-7,9-10H2,1H3. The molecule has 0 bridgehead atoms. The fraction of sp³-hybridized carbons (Fsp3) is 0.421. The smallest absolute Gasteiger partial charge is 0.337 e. The van der Waals surface area contributed by atoms with Gasteiger partial charge in [-0.05, 0) is 44.1 Å². The van der Waals surface area contributed by atoms with Gasteiger partial charge in [0.2, 0.25) is 5.91 Å². The second-order valence-electron chi connectivity index (χ2n) is 6.95. The van der Waals surface area contributed by atoms with Gasteiger partial charge in [-0.15, -0.1) is 0 Å². The number of aryl methyl sites for hydroxylation is 1. The summed E-state index contributed by atoms with van der Waals surface area (Å²) in [7, 11) is 0. The van der Waals surface area contributed by atoms with Crippen LogP contribution in [0.3, 0.4) is 0 Å². The van der Waals surface area contributed by atoms with Crippen molar-refractivity contribution in [3.8, 4) is 0 Å². The molecule has 4 rings (SSSR count). The number of urea groups is 1. The van der Waals surface area contributed by atoms with Crippen LogP contribution in [0.5, 0.6) is 0 Å². The number of hydrogen-bond acceptors (Lipinski definition) is 4. The van der Waals surface area contributed by atoms with Gasteiger partial charge in [0.25, 0.3) is 5.91 Å². The summed E-state index contributed by atoms with van der Waals surface area (Å²) in [6.07, 6.45) is 6.26. The van der Waals surface area contributed by atoms with Crippen molar-refractivity contribution in [2.24, 2.45) is 10.9 Å². The van der Waals surface area contributed by atoms with Crippen molar-refractivity contribution >= 4 is 23.6 Å². The lowest BCUT2D eigenvalue weighted by Gasteiger charge is -2.39. The Labute approximate surface area is 161 Å². The number of hydrogen-bond donors (Lipinski definition) is 0. The number of nitrogens with zero attached hydrogens (tertiary/aromatic N) is 5. The lowest BCUT2D eigenvalue weighted by molar-refractivity contribution is -0.131. The lowest BCUT2D eigenvalue weighted by Crippen LogP contribution is -2.54. The van der Waals surface area contributed by atoms with Crippen LogP contribution in [0, 0.1) is 5.92 Å². The third-order valence-electron chi connectivity index (χ3n) is 5.34. The van der Waals surface area contributed by atoms with Crippen molar-refractivity contribution in [3.63, 3.8) is 0 Å². The number of rotatable bonds is 3. The number of amides is 4. The molecule has 0 saturated carbocycles.